The molecule has 1 aromatic rings. The molecular weight excluding hydrogens is 130 g/mol. The molecule has 0 bridgehead atoms. The van der Waals surface area contributed by atoms with E-state index in [1.54, 1.807) is 6.92 Å². The SMILES string of the molecule is CC(=N)CCc1nnco1. The fraction of sp³-hybridized carbons (Fsp3) is 0.500. The highest BCUT2D eigenvalue weighted by molar-refractivity contribution is 5.78. The van der Waals surface area contributed by atoms with Gasteiger partial charge in [-0.2, -0.15) is 0 Å². The van der Waals surface area contributed by atoms with Crippen molar-refractivity contribution in [2.45, 2.75) is 19.8 Å². The molecular formula is C6H9N3O. The number of aryl methyl sites for hydroxylation is 1. The maximum absolute atomic E-state index is 7.11. The first-order valence-electron chi connectivity index (χ1n) is 3.08. The van der Waals surface area contributed by atoms with E-state index >= 15 is 0 Å². The van der Waals surface area contributed by atoms with Gasteiger partial charge in [-0.3, -0.25) is 0 Å². The van der Waals surface area contributed by atoms with Crippen molar-refractivity contribution in [3.63, 3.8) is 0 Å². The Balaban J connectivity index is 2.35. The number of hydrogen-bond donors (Lipinski definition) is 1. The van der Waals surface area contributed by atoms with E-state index < -0.39 is 0 Å². The molecule has 1 heterocycles. The second kappa shape index (κ2) is 3.10. The van der Waals surface area contributed by atoms with Crippen LogP contribution in [0.2, 0.25) is 0 Å². The van der Waals surface area contributed by atoms with Crippen molar-refractivity contribution >= 4 is 5.71 Å². The van der Waals surface area contributed by atoms with Gasteiger partial charge in [0.15, 0.2) is 0 Å². The smallest absolute Gasteiger partial charge is 0.216 e. The minimum atomic E-state index is 0.603. The van der Waals surface area contributed by atoms with Gasteiger partial charge in [-0.1, -0.05) is 0 Å². The van der Waals surface area contributed by atoms with Crippen molar-refractivity contribution in [1.29, 1.82) is 5.41 Å². The molecule has 0 saturated heterocycles. The molecule has 1 aromatic heterocycles. The third-order valence-electron chi connectivity index (χ3n) is 1.12. The Bertz CT molecular complexity index is 205. The molecule has 0 aliphatic rings. The van der Waals surface area contributed by atoms with Gasteiger partial charge in [-0.25, -0.2) is 0 Å². The molecule has 0 unspecified atom stereocenters. The van der Waals surface area contributed by atoms with Gasteiger partial charge in [-0.15, -0.1) is 10.2 Å². The predicted octanol–water partition coefficient (Wildman–Crippen LogP) is 1.04. The molecule has 54 valence electrons. The maximum Gasteiger partial charge on any atom is 0.216 e. The summed E-state index contributed by atoms with van der Waals surface area (Å²) >= 11 is 0. The highest BCUT2D eigenvalue weighted by Gasteiger charge is 1.97. The van der Waals surface area contributed by atoms with Gasteiger partial charge in [0.05, 0.1) is 0 Å². The summed E-state index contributed by atoms with van der Waals surface area (Å²) in [5.74, 6) is 0.603. The van der Waals surface area contributed by atoms with Crippen LogP contribution in [-0.4, -0.2) is 15.9 Å². The van der Waals surface area contributed by atoms with Gasteiger partial charge in [-0.05, 0) is 13.3 Å². The number of nitrogens with one attached hydrogen (secondary N) is 1. The summed E-state index contributed by atoms with van der Waals surface area (Å²) in [5, 5.41) is 14.3. The lowest BCUT2D eigenvalue weighted by atomic mass is 10.2. The van der Waals surface area contributed by atoms with Gasteiger partial charge in [0, 0.05) is 12.1 Å². The zero-order valence-electron chi connectivity index (χ0n) is 5.79. The third kappa shape index (κ3) is 1.97. The van der Waals surface area contributed by atoms with Crippen LogP contribution >= 0.6 is 0 Å². The molecule has 0 saturated carbocycles. The van der Waals surface area contributed by atoms with Crippen LogP contribution in [0.5, 0.6) is 0 Å². The van der Waals surface area contributed by atoms with Crippen molar-refractivity contribution in [2.75, 3.05) is 0 Å². The highest BCUT2D eigenvalue weighted by Crippen LogP contribution is 1.96. The van der Waals surface area contributed by atoms with E-state index in [0.29, 0.717) is 24.4 Å². The van der Waals surface area contributed by atoms with Crippen LogP contribution in [0.1, 0.15) is 19.2 Å². The molecule has 1 N–H and O–H groups in total. The van der Waals surface area contributed by atoms with Crippen molar-refractivity contribution in [3.8, 4) is 0 Å². The Hall–Kier alpha value is -1.19. The first kappa shape index (κ1) is 6.92. The largest absolute Gasteiger partial charge is 0.428 e. The van der Waals surface area contributed by atoms with E-state index in [9.17, 15) is 0 Å². The van der Waals surface area contributed by atoms with E-state index in [1.165, 1.54) is 6.39 Å². The molecule has 4 heteroatoms. The van der Waals surface area contributed by atoms with Crippen molar-refractivity contribution < 1.29 is 4.42 Å². The fourth-order valence-corrected chi connectivity index (χ4v) is 0.599. The van der Waals surface area contributed by atoms with E-state index in [0.717, 1.165) is 0 Å². The van der Waals surface area contributed by atoms with Crippen LogP contribution in [0.15, 0.2) is 10.8 Å². The molecule has 4 nitrogen and oxygen atoms in total. The highest BCUT2D eigenvalue weighted by atomic mass is 16.4. The van der Waals surface area contributed by atoms with Crippen molar-refractivity contribution in [3.05, 3.63) is 12.3 Å². The Morgan fingerprint density at radius 2 is 2.60 bits per heavy atom. The summed E-state index contributed by atoms with van der Waals surface area (Å²) < 4.78 is 4.86. The normalized spacial score (nSPS) is 9.70. The standard InChI is InChI=1S/C6H9N3O/c1-5(7)2-3-6-9-8-4-10-6/h4,7H,2-3H2,1H3. The average Bonchev–Trinajstić information content (AvgIpc) is 2.34. The number of hydrogen-bond acceptors (Lipinski definition) is 4. The van der Waals surface area contributed by atoms with Gasteiger partial charge in [0.25, 0.3) is 0 Å². The quantitative estimate of drug-likeness (QED) is 0.636. The van der Waals surface area contributed by atoms with E-state index in [1.807, 2.05) is 0 Å². The minimum absolute atomic E-state index is 0.603. The first-order valence-corrected chi connectivity index (χ1v) is 3.08. The van der Waals surface area contributed by atoms with Gasteiger partial charge < -0.3 is 9.83 Å². The maximum atomic E-state index is 7.11. The molecule has 10 heavy (non-hydrogen) atoms. The Morgan fingerprint density at radius 3 is 3.10 bits per heavy atom. The van der Waals surface area contributed by atoms with Crippen LogP contribution in [-0.2, 0) is 6.42 Å². The van der Waals surface area contributed by atoms with E-state index in [4.69, 9.17) is 9.83 Å². The molecule has 0 aliphatic carbocycles. The monoisotopic (exact) mass is 139 g/mol. The molecule has 0 fully saturated rings. The van der Waals surface area contributed by atoms with Crippen molar-refractivity contribution in [1.82, 2.24) is 10.2 Å². The first-order chi connectivity index (χ1) is 4.79. The zero-order valence-corrected chi connectivity index (χ0v) is 5.79. The second-order valence-electron chi connectivity index (χ2n) is 2.11. The molecule has 0 atom stereocenters. The van der Waals surface area contributed by atoms with Crippen LogP contribution in [0, 0.1) is 5.41 Å². The topological polar surface area (TPSA) is 62.8 Å². The van der Waals surface area contributed by atoms with E-state index in [2.05, 4.69) is 10.2 Å². The lowest BCUT2D eigenvalue weighted by Crippen LogP contribution is -1.92. The Labute approximate surface area is 58.8 Å². The summed E-state index contributed by atoms with van der Waals surface area (Å²) in [7, 11) is 0. The number of aromatic nitrogens is 2. The molecule has 0 aromatic carbocycles. The van der Waals surface area contributed by atoms with E-state index in [-0.39, 0.29) is 0 Å². The zero-order chi connectivity index (χ0) is 7.40. The average molecular weight is 139 g/mol. The lowest BCUT2D eigenvalue weighted by molar-refractivity contribution is 0.495. The fourth-order valence-electron chi connectivity index (χ4n) is 0.599. The van der Waals surface area contributed by atoms with Crippen LogP contribution in [0.4, 0.5) is 0 Å². The predicted molar refractivity (Wildman–Crippen MR) is 36.0 cm³/mol. The molecule has 0 amide bonds. The summed E-state index contributed by atoms with van der Waals surface area (Å²) in [6, 6.07) is 0. The summed E-state index contributed by atoms with van der Waals surface area (Å²) in [6.45, 7) is 1.76. The summed E-state index contributed by atoms with van der Waals surface area (Å²) in [6.07, 6.45) is 2.67. The second-order valence-corrected chi connectivity index (χ2v) is 2.11. The Kier molecular flexibility index (Phi) is 2.15. The minimum Gasteiger partial charge on any atom is -0.428 e. The van der Waals surface area contributed by atoms with Gasteiger partial charge >= 0.3 is 0 Å². The van der Waals surface area contributed by atoms with Crippen LogP contribution < -0.4 is 0 Å². The summed E-state index contributed by atoms with van der Waals surface area (Å²) in [5.41, 5.74) is 0.637. The molecule has 1 rings (SSSR count). The summed E-state index contributed by atoms with van der Waals surface area (Å²) in [4.78, 5) is 0. The molecule has 0 radical (unpaired) electrons. The third-order valence-corrected chi connectivity index (χ3v) is 1.12. The molecule has 0 spiro atoms. The van der Waals surface area contributed by atoms with Crippen LogP contribution in [0.25, 0.3) is 0 Å². The number of rotatable bonds is 3. The molecule has 0 aliphatic heterocycles. The number of nitrogens with zero attached hydrogens (tertiary/aromatic N) is 2. The van der Waals surface area contributed by atoms with Gasteiger partial charge in [0.2, 0.25) is 12.3 Å². The van der Waals surface area contributed by atoms with Crippen molar-refractivity contribution in [2.24, 2.45) is 0 Å². The van der Waals surface area contributed by atoms with Gasteiger partial charge in [0.1, 0.15) is 0 Å². The Morgan fingerprint density at radius 1 is 1.80 bits per heavy atom. The van der Waals surface area contributed by atoms with Crippen LogP contribution in [0.3, 0.4) is 0 Å². The lowest BCUT2D eigenvalue weighted by Gasteiger charge is -1.90.